The third-order valence-corrected chi connectivity index (χ3v) is 6.21. The minimum Gasteiger partial charge on any atom is -0.456 e. The van der Waals surface area contributed by atoms with Gasteiger partial charge in [-0.05, 0) is 17.2 Å². The monoisotopic (exact) mass is 462 g/mol. The first-order valence-corrected chi connectivity index (χ1v) is 10.9. The first-order valence-electron chi connectivity index (χ1n) is 10.5. The van der Waals surface area contributed by atoms with Crippen molar-refractivity contribution in [2.24, 2.45) is 5.16 Å². The fourth-order valence-corrected chi connectivity index (χ4v) is 4.52. The predicted octanol–water partition coefficient (Wildman–Crippen LogP) is 4.32. The molecule has 0 amide bonds. The number of halogens is 1. The molecule has 9 heteroatoms. The molecule has 0 aliphatic carbocycles. The largest absolute Gasteiger partial charge is 0.456 e. The van der Waals surface area contributed by atoms with Crippen LogP contribution in [0.3, 0.4) is 0 Å². The van der Waals surface area contributed by atoms with Crippen molar-refractivity contribution in [1.82, 2.24) is 15.0 Å². The minimum absolute atomic E-state index is 0.218. The third-order valence-electron chi connectivity index (χ3n) is 5.92. The molecular weight excluding hydrogens is 444 g/mol. The fourth-order valence-electron chi connectivity index (χ4n) is 4.26. The zero-order valence-corrected chi connectivity index (χ0v) is 18.1. The maximum absolute atomic E-state index is 9.05. The molecule has 0 spiro atoms. The molecule has 0 bridgehead atoms. The van der Waals surface area contributed by atoms with E-state index in [0.29, 0.717) is 40.2 Å². The third kappa shape index (κ3) is 3.62. The lowest BCUT2D eigenvalue weighted by Gasteiger charge is -2.15. The van der Waals surface area contributed by atoms with E-state index in [4.69, 9.17) is 31.0 Å². The number of pyridine rings is 1. The smallest absolute Gasteiger partial charge is 0.296 e. The number of fused-ring (bicyclic) bond motifs is 2. The lowest BCUT2D eigenvalue weighted by atomic mass is 10.0. The molecular formula is C24H19ClN4O4. The number of aromatic nitrogens is 3. The van der Waals surface area contributed by atoms with E-state index in [1.165, 1.54) is 0 Å². The average molecular weight is 463 g/mol. The van der Waals surface area contributed by atoms with Gasteiger partial charge in [0.1, 0.15) is 17.9 Å². The Morgan fingerprint density at radius 1 is 1.00 bits per heavy atom. The van der Waals surface area contributed by atoms with Gasteiger partial charge in [-0.2, -0.15) is 4.98 Å². The van der Waals surface area contributed by atoms with Crippen LogP contribution in [0.25, 0.3) is 33.5 Å². The highest BCUT2D eigenvalue weighted by Crippen LogP contribution is 2.32. The van der Waals surface area contributed by atoms with Gasteiger partial charge >= 0.3 is 0 Å². The molecule has 8 nitrogen and oxygen atoms in total. The number of nitrogens with zero attached hydrogens (tertiary/aromatic N) is 3. The van der Waals surface area contributed by atoms with E-state index in [1.54, 1.807) is 6.07 Å². The van der Waals surface area contributed by atoms with E-state index in [-0.39, 0.29) is 18.8 Å². The predicted molar refractivity (Wildman–Crippen MR) is 123 cm³/mol. The van der Waals surface area contributed by atoms with Gasteiger partial charge in [0.15, 0.2) is 11.8 Å². The molecule has 6 rings (SSSR count). The Balaban J connectivity index is 1.25. The molecule has 2 saturated heterocycles. The number of benzene rings is 2. The van der Waals surface area contributed by atoms with Gasteiger partial charge in [0.2, 0.25) is 0 Å². The van der Waals surface area contributed by atoms with Crippen molar-refractivity contribution in [3.63, 3.8) is 0 Å². The normalized spacial score (nSPS) is 23.3. The summed E-state index contributed by atoms with van der Waals surface area (Å²) in [5, 5.41) is 12.8. The molecule has 166 valence electrons. The van der Waals surface area contributed by atoms with E-state index in [9.17, 15) is 0 Å². The first kappa shape index (κ1) is 20.2. The van der Waals surface area contributed by atoms with Crippen molar-refractivity contribution in [3.05, 3.63) is 65.7 Å². The van der Waals surface area contributed by atoms with Crippen LogP contribution in [0.2, 0.25) is 5.02 Å². The highest BCUT2D eigenvalue weighted by Gasteiger charge is 2.48. The lowest BCUT2D eigenvalue weighted by Crippen LogP contribution is -2.33. The van der Waals surface area contributed by atoms with Crippen molar-refractivity contribution in [1.29, 1.82) is 0 Å². The number of hydrogen-bond acceptors (Lipinski definition) is 7. The van der Waals surface area contributed by atoms with Gasteiger partial charge in [-0.15, -0.1) is 0 Å². The number of H-pyrrole nitrogens is 1. The molecule has 0 radical (unpaired) electrons. The van der Waals surface area contributed by atoms with Crippen LogP contribution in [0.4, 0.5) is 0 Å². The van der Waals surface area contributed by atoms with Gasteiger partial charge < -0.3 is 24.4 Å². The molecule has 2 aliphatic heterocycles. The van der Waals surface area contributed by atoms with E-state index in [0.717, 1.165) is 16.7 Å². The number of oxime groups is 1. The van der Waals surface area contributed by atoms with Gasteiger partial charge in [-0.25, -0.2) is 4.98 Å². The summed E-state index contributed by atoms with van der Waals surface area (Å²) in [4.78, 5) is 12.3. The Morgan fingerprint density at radius 3 is 2.55 bits per heavy atom. The van der Waals surface area contributed by atoms with E-state index >= 15 is 0 Å². The summed E-state index contributed by atoms with van der Waals surface area (Å²) < 4.78 is 17.3. The summed E-state index contributed by atoms with van der Waals surface area (Å²) in [6.45, 7) is 0.522. The molecule has 2 fully saturated rings. The second-order valence-electron chi connectivity index (χ2n) is 7.95. The molecule has 2 aromatic carbocycles. The van der Waals surface area contributed by atoms with Crippen LogP contribution in [-0.2, 0) is 9.47 Å². The second kappa shape index (κ2) is 8.15. The average Bonchev–Trinajstić information content (AvgIpc) is 3.55. The maximum atomic E-state index is 9.05. The number of hydrogen-bond donors (Lipinski definition) is 2. The Kier molecular flexibility index (Phi) is 4.98. The number of rotatable bonds is 4. The summed E-state index contributed by atoms with van der Waals surface area (Å²) in [5.74, 6) is 0. The van der Waals surface area contributed by atoms with Crippen molar-refractivity contribution in [3.8, 4) is 28.4 Å². The number of imidazole rings is 1. The van der Waals surface area contributed by atoms with Crippen LogP contribution in [-0.4, -0.2) is 57.4 Å². The Bertz CT molecular complexity index is 1340. The van der Waals surface area contributed by atoms with Crippen molar-refractivity contribution in [2.45, 2.75) is 18.3 Å². The summed E-state index contributed by atoms with van der Waals surface area (Å²) >= 11 is 6.55. The van der Waals surface area contributed by atoms with Gasteiger partial charge in [-0.3, -0.25) is 0 Å². The van der Waals surface area contributed by atoms with Crippen molar-refractivity contribution >= 4 is 28.5 Å². The molecule has 2 N–H and O–H groups in total. The standard InChI is InChI=1S/C24H19ClN4O4/c25-16-10-17-23(27-20(16)15-8-6-14(7-9-15)13-4-2-1-3-5-13)28-24(26-17)33-19-12-32-21-18(29-30)11-31-22(19)21/h1-10,19,21-22,30H,11-12H2,(H,26,27,28)/t19-,21+,22+/m1/s1. The number of nitrogens with one attached hydrogen (secondary N) is 1. The molecule has 0 unspecified atom stereocenters. The SMILES string of the molecule is ON=C1CO[C@H]2[C@H](Oc3nc4nc(-c5ccc(-c6ccccc6)cc5)c(Cl)cc4[nH]3)CO[C@@H]12. The first-order chi connectivity index (χ1) is 16.2. The topological polar surface area (TPSA) is 102 Å². The van der Waals surface area contributed by atoms with E-state index in [2.05, 4.69) is 32.2 Å². The minimum atomic E-state index is -0.401. The maximum Gasteiger partial charge on any atom is 0.296 e. The van der Waals surface area contributed by atoms with Gasteiger partial charge in [0.25, 0.3) is 6.01 Å². The number of aromatic amines is 1. The summed E-state index contributed by atoms with van der Waals surface area (Å²) in [7, 11) is 0. The van der Waals surface area contributed by atoms with E-state index in [1.807, 2.05) is 42.5 Å². The van der Waals surface area contributed by atoms with E-state index < -0.39 is 6.10 Å². The van der Waals surface area contributed by atoms with Gasteiger partial charge in [-0.1, -0.05) is 71.4 Å². The molecule has 4 heterocycles. The van der Waals surface area contributed by atoms with Crippen LogP contribution in [0.1, 0.15) is 0 Å². The zero-order chi connectivity index (χ0) is 22.4. The molecule has 4 aromatic rings. The highest BCUT2D eigenvalue weighted by molar-refractivity contribution is 6.33. The molecule has 2 aliphatic rings. The Hall–Kier alpha value is -3.46. The van der Waals surface area contributed by atoms with Gasteiger partial charge in [0.05, 0.1) is 29.4 Å². The zero-order valence-electron chi connectivity index (χ0n) is 17.3. The Morgan fingerprint density at radius 2 is 1.76 bits per heavy atom. The van der Waals surface area contributed by atoms with Gasteiger partial charge in [0, 0.05) is 5.56 Å². The molecule has 33 heavy (non-hydrogen) atoms. The Labute approximate surface area is 193 Å². The van der Waals surface area contributed by atoms with Crippen molar-refractivity contribution in [2.75, 3.05) is 13.2 Å². The molecule has 0 saturated carbocycles. The number of ether oxygens (including phenoxy) is 3. The fraction of sp³-hybridized carbons (Fsp3) is 0.208. The van der Waals surface area contributed by atoms with Crippen LogP contribution in [0.5, 0.6) is 6.01 Å². The van der Waals surface area contributed by atoms with Crippen LogP contribution in [0.15, 0.2) is 65.8 Å². The second-order valence-corrected chi connectivity index (χ2v) is 8.36. The molecule has 3 atom stereocenters. The molecule has 2 aromatic heterocycles. The van der Waals surface area contributed by atoms with Crippen LogP contribution < -0.4 is 4.74 Å². The summed E-state index contributed by atoms with van der Waals surface area (Å²) in [6, 6.07) is 20.4. The van der Waals surface area contributed by atoms with Crippen molar-refractivity contribution < 1.29 is 19.4 Å². The quantitative estimate of drug-likeness (QED) is 0.346. The van der Waals surface area contributed by atoms with Crippen LogP contribution >= 0.6 is 11.6 Å². The summed E-state index contributed by atoms with van der Waals surface area (Å²) in [5.41, 5.74) is 5.44. The highest BCUT2D eigenvalue weighted by atomic mass is 35.5. The summed E-state index contributed by atoms with van der Waals surface area (Å²) in [6.07, 6.45) is -1.13. The lowest BCUT2D eigenvalue weighted by molar-refractivity contribution is 0.0280. The van der Waals surface area contributed by atoms with Crippen LogP contribution in [0, 0.1) is 0 Å².